The number of hydrogen-bond acceptors (Lipinski definition) is 4. The van der Waals surface area contributed by atoms with Gasteiger partial charge in [-0.05, 0) is 45.6 Å². The fourth-order valence-corrected chi connectivity index (χ4v) is 3.78. The van der Waals surface area contributed by atoms with E-state index in [1.807, 2.05) is 6.92 Å². The van der Waals surface area contributed by atoms with Gasteiger partial charge in [0.2, 0.25) is 10.0 Å². The molecule has 1 heterocycles. The number of nitrogens with one attached hydrogen (secondary N) is 2. The molecule has 0 spiro atoms. The highest BCUT2D eigenvalue weighted by Crippen LogP contribution is 2.33. The van der Waals surface area contributed by atoms with Crippen molar-refractivity contribution in [2.75, 3.05) is 6.54 Å². The zero-order chi connectivity index (χ0) is 14.8. The van der Waals surface area contributed by atoms with Crippen LogP contribution in [0.15, 0.2) is 15.4 Å². The van der Waals surface area contributed by atoms with E-state index in [0.29, 0.717) is 24.0 Å². The van der Waals surface area contributed by atoms with Gasteiger partial charge in [0, 0.05) is 12.1 Å². The highest BCUT2D eigenvalue weighted by Gasteiger charge is 2.32. The molecule has 0 aliphatic heterocycles. The van der Waals surface area contributed by atoms with Crippen LogP contribution in [0.4, 0.5) is 0 Å². The summed E-state index contributed by atoms with van der Waals surface area (Å²) >= 11 is 0. The first-order chi connectivity index (χ1) is 9.44. The van der Waals surface area contributed by atoms with E-state index in [-0.39, 0.29) is 10.9 Å². The van der Waals surface area contributed by atoms with Crippen LogP contribution in [0.25, 0.3) is 0 Å². The molecule has 5 nitrogen and oxygen atoms in total. The molecule has 1 aromatic heterocycles. The Hall–Kier alpha value is -0.850. The molecule has 0 bridgehead atoms. The summed E-state index contributed by atoms with van der Waals surface area (Å²) in [5.41, 5.74) is 0. The van der Waals surface area contributed by atoms with Gasteiger partial charge < -0.3 is 9.73 Å². The van der Waals surface area contributed by atoms with Gasteiger partial charge in [0.15, 0.2) is 0 Å². The van der Waals surface area contributed by atoms with Crippen molar-refractivity contribution in [2.45, 2.75) is 57.5 Å². The van der Waals surface area contributed by atoms with E-state index < -0.39 is 10.0 Å². The van der Waals surface area contributed by atoms with Gasteiger partial charge in [0.05, 0.1) is 6.54 Å². The molecule has 1 aromatic rings. The smallest absolute Gasteiger partial charge is 0.244 e. The molecule has 1 aliphatic rings. The first kappa shape index (κ1) is 15.5. The minimum Gasteiger partial charge on any atom is -0.464 e. The molecule has 0 radical (unpaired) electrons. The van der Waals surface area contributed by atoms with E-state index in [9.17, 15) is 8.42 Å². The second-order valence-corrected chi connectivity index (χ2v) is 7.24. The van der Waals surface area contributed by atoms with Crippen LogP contribution in [-0.2, 0) is 16.6 Å². The molecule has 2 rings (SSSR count). The Balaban J connectivity index is 2.06. The molecule has 114 valence electrons. The van der Waals surface area contributed by atoms with Gasteiger partial charge in [0.1, 0.15) is 16.4 Å². The summed E-state index contributed by atoms with van der Waals surface area (Å²) in [4.78, 5) is 0.262. The van der Waals surface area contributed by atoms with E-state index in [4.69, 9.17) is 4.42 Å². The van der Waals surface area contributed by atoms with Crippen molar-refractivity contribution < 1.29 is 12.8 Å². The molecule has 1 unspecified atom stereocenters. The Kier molecular flexibility index (Phi) is 4.88. The normalized spacial score (nSPS) is 17.4. The lowest BCUT2D eigenvalue weighted by atomic mass is 10.2. The highest BCUT2D eigenvalue weighted by atomic mass is 32.2. The maximum absolute atomic E-state index is 12.3. The molecule has 0 aromatic carbocycles. The predicted octanol–water partition coefficient (Wildman–Crippen LogP) is 2.16. The molecule has 20 heavy (non-hydrogen) atoms. The van der Waals surface area contributed by atoms with Crippen molar-refractivity contribution in [2.24, 2.45) is 5.92 Å². The molecule has 2 N–H and O–H groups in total. The van der Waals surface area contributed by atoms with Gasteiger partial charge in [-0.25, -0.2) is 13.1 Å². The molecule has 6 heteroatoms. The van der Waals surface area contributed by atoms with Crippen molar-refractivity contribution in [3.63, 3.8) is 0 Å². The molecule has 1 saturated carbocycles. The quantitative estimate of drug-likeness (QED) is 0.722. The van der Waals surface area contributed by atoms with Gasteiger partial charge >= 0.3 is 0 Å². The van der Waals surface area contributed by atoms with Crippen molar-refractivity contribution >= 4 is 10.0 Å². The second-order valence-electron chi connectivity index (χ2n) is 5.56. The van der Waals surface area contributed by atoms with E-state index >= 15 is 0 Å². The van der Waals surface area contributed by atoms with Crippen molar-refractivity contribution in [1.82, 2.24) is 10.0 Å². The molecule has 1 aliphatic carbocycles. The third kappa shape index (κ3) is 3.84. The first-order valence-electron chi connectivity index (χ1n) is 7.26. The van der Waals surface area contributed by atoms with Gasteiger partial charge in [-0.3, -0.25) is 0 Å². The van der Waals surface area contributed by atoms with E-state index in [1.54, 1.807) is 13.0 Å². The first-order valence-corrected chi connectivity index (χ1v) is 8.74. The third-order valence-electron chi connectivity index (χ3n) is 3.61. The summed E-state index contributed by atoms with van der Waals surface area (Å²) in [5.74, 6) is 1.60. The van der Waals surface area contributed by atoms with Gasteiger partial charge in [0.25, 0.3) is 0 Å². The SMILES string of the molecule is CCCNCc1cc(S(=O)(=O)NC(C)C2CC2)c(C)o1. The maximum Gasteiger partial charge on any atom is 0.244 e. The minimum absolute atomic E-state index is 0.00373. The summed E-state index contributed by atoms with van der Waals surface area (Å²) in [6, 6.07) is 1.62. The Bertz CT molecular complexity index is 547. The minimum atomic E-state index is -3.48. The Morgan fingerprint density at radius 2 is 2.15 bits per heavy atom. The number of sulfonamides is 1. The summed E-state index contributed by atoms with van der Waals surface area (Å²) in [5, 5.41) is 3.20. The number of aryl methyl sites for hydroxylation is 1. The van der Waals surface area contributed by atoms with Crippen LogP contribution in [0.5, 0.6) is 0 Å². The molecule has 0 amide bonds. The van der Waals surface area contributed by atoms with Crippen LogP contribution in [0.2, 0.25) is 0 Å². The second kappa shape index (κ2) is 6.28. The average Bonchev–Trinajstić information content (AvgIpc) is 3.13. The molecule has 0 saturated heterocycles. The number of furan rings is 1. The topological polar surface area (TPSA) is 71.3 Å². The summed E-state index contributed by atoms with van der Waals surface area (Å²) < 4.78 is 33.0. The number of hydrogen-bond donors (Lipinski definition) is 2. The zero-order valence-corrected chi connectivity index (χ0v) is 13.2. The predicted molar refractivity (Wildman–Crippen MR) is 78.0 cm³/mol. The third-order valence-corrected chi connectivity index (χ3v) is 5.28. The van der Waals surface area contributed by atoms with Crippen LogP contribution in [0.3, 0.4) is 0 Å². The lowest BCUT2D eigenvalue weighted by Crippen LogP contribution is -2.34. The van der Waals surface area contributed by atoms with Crippen LogP contribution in [0, 0.1) is 12.8 Å². The van der Waals surface area contributed by atoms with Crippen LogP contribution < -0.4 is 10.0 Å². The Labute approximate surface area is 121 Å². The summed E-state index contributed by atoms with van der Waals surface area (Å²) in [7, 11) is -3.48. The van der Waals surface area contributed by atoms with E-state index in [0.717, 1.165) is 25.8 Å². The fraction of sp³-hybridized carbons (Fsp3) is 0.714. The van der Waals surface area contributed by atoms with Crippen LogP contribution in [0.1, 0.15) is 44.6 Å². The average molecular weight is 300 g/mol. The Morgan fingerprint density at radius 1 is 1.45 bits per heavy atom. The highest BCUT2D eigenvalue weighted by molar-refractivity contribution is 7.89. The van der Waals surface area contributed by atoms with Crippen LogP contribution >= 0.6 is 0 Å². The van der Waals surface area contributed by atoms with Crippen molar-refractivity contribution in [3.8, 4) is 0 Å². The van der Waals surface area contributed by atoms with Gasteiger partial charge in [-0.2, -0.15) is 0 Å². The van der Waals surface area contributed by atoms with Crippen molar-refractivity contribution in [1.29, 1.82) is 0 Å². The van der Waals surface area contributed by atoms with Crippen molar-refractivity contribution in [3.05, 3.63) is 17.6 Å². The van der Waals surface area contributed by atoms with E-state index in [1.165, 1.54) is 0 Å². The summed E-state index contributed by atoms with van der Waals surface area (Å²) in [6.07, 6.45) is 3.26. The van der Waals surface area contributed by atoms with Gasteiger partial charge in [-0.15, -0.1) is 0 Å². The van der Waals surface area contributed by atoms with E-state index in [2.05, 4.69) is 17.0 Å². The molecular weight excluding hydrogens is 276 g/mol. The lowest BCUT2D eigenvalue weighted by molar-refractivity contribution is 0.456. The zero-order valence-electron chi connectivity index (χ0n) is 12.4. The monoisotopic (exact) mass is 300 g/mol. The van der Waals surface area contributed by atoms with Gasteiger partial charge in [-0.1, -0.05) is 6.92 Å². The molecule has 1 fully saturated rings. The summed E-state index contributed by atoms with van der Waals surface area (Å²) in [6.45, 7) is 7.15. The van der Waals surface area contributed by atoms with Crippen LogP contribution in [-0.4, -0.2) is 21.0 Å². The standard InChI is InChI=1S/C14H24N2O3S/c1-4-7-15-9-13-8-14(11(3)19-13)20(17,18)16-10(2)12-5-6-12/h8,10,12,15-16H,4-7,9H2,1-3H3. The molecule has 1 atom stereocenters. The molecular formula is C14H24N2O3S. The lowest BCUT2D eigenvalue weighted by Gasteiger charge is -2.12. The fourth-order valence-electron chi connectivity index (χ4n) is 2.27. The maximum atomic E-state index is 12.3. The Morgan fingerprint density at radius 3 is 2.75 bits per heavy atom. The number of rotatable bonds is 8. The largest absolute Gasteiger partial charge is 0.464 e.